The van der Waals surface area contributed by atoms with E-state index in [1.807, 2.05) is 49.8 Å². The Morgan fingerprint density at radius 1 is 0.790 bits per heavy atom. The van der Waals surface area contributed by atoms with Crippen LogP contribution in [0.5, 0.6) is 0 Å². The lowest BCUT2D eigenvalue weighted by Gasteiger charge is -2.38. The quantitative estimate of drug-likeness (QED) is 0.142. The topological polar surface area (TPSA) is 184 Å². The molecule has 15 nitrogen and oxygen atoms in total. The molecule has 2 unspecified atom stereocenters. The van der Waals surface area contributed by atoms with Crippen LogP contribution in [0.1, 0.15) is 102 Å². The molecule has 62 heavy (non-hydrogen) atoms. The van der Waals surface area contributed by atoms with Gasteiger partial charge in [-0.15, -0.1) is 0 Å². The number of methoxy groups -OCH3 is 2. The largest absolute Gasteiger partial charge is 0.453 e. The first-order valence-electron chi connectivity index (χ1n) is 22.0. The van der Waals surface area contributed by atoms with Crippen LogP contribution in [0.25, 0.3) is 22.0 Å². The molecular formula is C47H56N8O7. The van der Waals surface area contributed by atoms with Gasteiger partial charge in [-0.1, -0.05) is 44.9 Å². The molecule has 5 heterocycles. The molecule has 326 valence electrons. The van der Waals surface area contributed by atoms with E-state index in [4.69, 9.17) is 24.2 Å². The third-order valence-electron chi connectivity index (χ3n) is 13.9. The number of aromatic amines is 2. The monoisotopic (exact) mass is 844 g/mol. The minimum atomic E-state index is -0.718. The second-order valence-electron chi connectivity index (χ2n) is 18.4. The summed E-state index contributed by atoms with van der Waals surface area (Å²) in [5.41, 5.74) is 3.34. The number of alkyl carbamates (subject to hydrolysis) is 2. The number of amides is 4. The van der Waals surface area contributed by atoms with Gasteiger partial charge in [0, 0.05) is 23.2 Å². The summed E-state index contributed by atoms with van der Waals surface area (Å²) in [5.74, 6) is 8.78. The SMILES string of the molecule is COC(=O)NC(C(=O)N1[C@@H]2C[C@@H]2C[C@H]1c1ncc(C#Cc2ccc3cc(-c4cnc([C@@H]5C[C@H]6[C@@H](C)[C@H]6N5C(=O)[C@@H](NC(=O)OC)C(C)C)[nH]4)ccc3c2)[nH]1)C1C[C@@H](C)O[C@@H](C)C1. The summed E-state index contributed by atoms with van der Waals surface area (Å²) in [6.07, 6.45) is 6.20. The highest BCUT2D eigenvalue weighted by molar-refractivity contribution is 5.89. The highest BCUT2D eigenvalue weighted by atomic mass is 16.5. The van der Waals surface area contributed by atoms with Crippen molar-refractivity contribution in [3.8, 4) is 23.1 Å². The third kappa shape index (κ3) is 7.89. The molecule has 2 aromatic carbocycles. The lowest BCUT2D eigenvalue weighted by atomic mass is 9.85. The number of rotatable bonds is 9. The van der Waals surface area contributed by atoms with Crippen molar-refractivity contribution in [1.29, 1.82) is 0 Å². The Labute approximate surface area is 361 Å². The number of fused-ring (bicyclic) bond motifs is 3. The molecule has 5 fully saturated rings. The Morgan fingerprint density at radius 3 is 2.21 bits per heavy atom. The molecule has 4 N–H and O–H groups in total. The number of hydrogen-bond donors (Lipinski definition) is 4. The molecule has 15 heteroatoms. The molecule has 2 aromatic heterocycles. The highest BCUT2D eigenvalue weighted by Gasteiger charge is 2.62. The Kier molecular flexibility index (Phi) is 11.0. The summed E-state index contributed by atoms with van der Waals surface area (Å²) in [4.78, 5) is 73.2. The lowest BCUT2D eigenvalue weighted by Crippen LogP contribution is -2.55. The van der Waals surface area contributed by atoms with Crippen molar-refractivity contribution in [2.24, 2.45) is 29.6 Å². The van der Waals surface area contributed by atoms with E-state index in [9.17, 15) is 19.2 Å². The smallest absolute Gasteiger partial charge is 0.407 e. The molecule has 4 aromatic rings. The summed E-state index contributed by atoms with van der Waals surface area (Å²) in [6.45, 7) is 10.0. The Hall–Kier alpha value is -5.88. The number of carbonyl (C=O) groups is 4. The maximum atomic E-state index is 14.4. The van der Waals surface area contributed by atoms with Gasteiger partial charge >= 0.3 is 12.2 Å². The molecule has 3 saturated heterocycles. The van der Waals surface area contributed by atoms with Gasteiger partial charge in [-0.25, -0.2) is 19.6 Å². The first-order chi connectivity index (χ1) is 29.8. The first kappa shape index (κ1) is 41.5. The number of benzene rings is 2. The van der Waals surface area contributed by atoms with Crippen molar-refractivity contribution < 1.29 is 33.4 Å². The van der Waals surface area contributed by atoms with Crippen LogP contribution in [-0.2, 0) is 23.8 Å². The average molecular weight is 845 g/mol. The lowest BCUT2D eigenvalue weighted by molar-refractivity contribution is -0.140. The summed E-state index contributed by atoms with van der Waals surface area (Å²) in [7, 11) is 2.62. The van der Waals surface area contributed by atoms with Crippen molar-refractivity contribution in [2.45, 2.75) is 115 Å². The molecule has 2 aliphatic carbocycles. The molecule has 0 radical (unpaired) electrons. The van der Waals surface area contributed by atoms with Crippen LogP contribution < -0.4 is 10.6 Å². The van der Waals surface area contributed by atoms with Crippen molar-refractivity contribution >= 4 is 34.8 Å². The van der Waals surface area contributed by atoms with E-state index in [0.29, 0.717) is 42.1 Å². The number of ether oxygens (including phenoxy) is 3. The molecule has 0 bridgehead atoms. The molecule has 2 saturated carbocycles. The zero-order valence-corrected chi connectivity index (χ0v) is 36.3. The Morgan fingerprint density at radius 2 is 1.47 bits per heavy atom. The van der Waals surface area contributed by atoms with Crippen LogP contribution in [0.4, 0.5) is 9.59 Å². The van der Waals surface area contributed by atoms with Gasteiger partial charge < -0.3 is 44.6 Å². The van der Waals surface area contributed by atoms with E-state index >= 15 is 0 Å². The van der Waals surface area contributed by atoms with E-state index in [1.54, 1.807) is 6.20 Å². The van der Waals surface area contributed by atoms with Crippen LogP contribution >= 0.6 is 0 Å². The highest BCUT2D eigenvalue weighted by Crippen LogP contribution is 2.58. The normalized spacial score (nSPS) is 29.2. The zero-order chi connectivity index (χ0) is 43.6. The second kappa shape index (κ2) is 16.4. The number of likely N-dealkylation sites (tertiary alicyclic amines) is 2. The Balaban J connectivity index is 0.885. The number of piperidine rings is 2. The predicted octanol–water partition coefficient (Wildman–Crippen LogP) is 6.23. The summed E-state index contributed by atoms with van der Waals surface area (Å²) >= 11 is 0. The molecule has 4 amide bonds. The van der Waals surface area contributed by atoms with Crippen molar-refractivity contribution in [1.82, 2.24) is 40.4 Å². The van der Waals surface area contributed by atoms with E-state index in [1.165, 1.54) is 14.2 Å². The maximum absolute atomic E-state index is 14.4. The van der Waals surface area contributed by atoms with Crippen LogP contribution in [0, 0.1) is 41.4 Å². The fraction of sp³-hybridized carbons (Fsp3) is 0.532. The van der Waals surface area contributed by atoms with Crippen LogP contribution in [0.15, 0.2) is 48.8 Å². The van der Waals surface area contributed by atoms with Gasteiger partial charge in [0.2, 0.25) is 11.8 Å². The number of imidazole rings is 2. The van der Waals surface area contributed by atoms with Crippen molar-refractivity contribution in [3.05, 3.63) is 71.7 Å². The van der Waals surface area contributed by atoms with Gasteiger partial charge in [-0.3, -0.25) is 9.59 Å². The van der Waals surface area contributed by atoms with Gasteiger partial charge in [0.25, 0.3) is 0 Å². The molecule has 12 atom stereocenters. The van der Waals surface area contributed by atoms with E-state index in [0.717, 1.165) is 52.7 Å². The summed E-state index contributed by atoms with van der Waals surface area (Å²) < 4.78 is 15.7. The van der Waals surface area contributed by atoms with E-state index in [-0.39, 0.29) is 60.0 Å². The van der Waals surface area contributed by atoms with Crippen LogP contribution in [0.2, 0.25) is 0 Å². The number of aromatic nitrogens is 4. The van der Waals surface area contributed by atoms with Crippen molar-refractivity contribution in [2.75, 3.05) is 14.2 Å². The first-order valence-corrected chi connectivity index (χ1v) is 22.0. The summed E-state index contributed by atoms with van der Waals surface area (Å²) in [5, 5.41) is 7.71. The van der Waals surface area contributed by atoms with Crippen molar-refractivity contribution in [3.63, 3.8) is 0 Å². The van der Waals surface area contributed by atoms with Gasteiger partial charge in [0.05, 0.1) is 56.6 Å². The second-order valence-corrected chi connectivity index (χ2v) is 18.4. The fourth-order valence-electron chi connectivity index (χ4n) is 10.6. The zero-order valence-electron chi connectivity index (χ0n) is 36.3. The average Bonchev–Trinajstić information content (AvgIpc) is 3.73. The molecule has 0 spiro atoms. The number of nitrogens with zero attached hydrogens (tertiary/aromatic N) is 4. The maximum Gasteiger partial charge on any atom is 0.407 e. The number of hydrogen-bond acceptors (Lipinski definition) is 9. The van der Waals surface area contributed by atoms with Gasteiger partial charge in [0.1, 0.15) is 29.4 Å². The number of H-pyrrole nitrogens is 2. The van der Waals surface area contributed by atoms with Gasteiger partial charge in [0.15, 0.2) is 0 Å². The summed E-state index contributed by atoms with van der Waals surface area (Å²) in [6, 6.07) is 10.7. The Bertz CT molecular complexity index is 2440. The van der Waals surface area contributed by atoms with Crippen LogP contribution in [0.3, 0.4) is 0 Å². The van der Waals surface area contributed by atoms with E-state index < -0.39 is 24.3 Å². The van der Waals surface area contributed by atoms with E-state index in [2.05, 4.69) is 69.7 Å². The molecule has 9 rings (SSSR count). The molecular weight excluding hydrogens is 789 g/mol. The fourth-order valence-corrected chi connectivity index (χ4v) is 10.6. The molecule has 3 aliphatic heterocycles. The van der Waals surface area contributed by atoms with Gasteiger partial charge in [-0.2, -0.15) is 0 Å². The molecule has 5 aliphatic rings. The predicted molar refractivity (Wildman–Crippen MR) is 229 cm³/mol. The van der Waals surface area contributed by atoms with Crippen LogP contribution in [-0.4, -0.2) is 104 Å². The van der Waals surface area contributed by atoms with Gasteiger partial charge in [-0.05, 0) is 110 Å². The number of nitrogens with one attached hydrogen (secondary N) is 4. The standard InChI is InChI=1S/C47H56N8O7/c1-23(2)39(52-46(58)60-6)44(56)55-38(20-34-26(5)41(34)55)43-49-22-35(51-43)30-12-11-28-16-27(8-10-29(28)17-30)9-13-33-21-48-42(50-33)37-19-31-18-36(31)54(37)45(57)40(53-47(59)61-7)32-14-24(3)62-25(4)15-32/h8,10-12,16-17,21-26,31-32,34,36-41H,14-15,18-20H2,1-7H3,(H,48,50)(H,49,51)(H,52,58)(H,53,59)/t24-,25+,26-,31-,32?,34+,36-,37+,38+,39+,40?,41-/m1/s1. The minimum absolute atomic E-state index is 0.0172. The minimum Gasteiger partial charge on any atom is -0.453 e. The third-order valence-corrected chi connectivity index (χ3v) is 13.9. The number of carbonyl (C=O) groups excluding carboxylic acids is 4.